The first-order valence-corrected chi connectivity index (χ1v) is 29.6. The van der Waals surface area contributed by atoms with E-state index in [4.69, 9.17) is 46.7 Å². The van der Waals surface area contributed by atoms with Gasteiger partial charge < -0.3 is 47.0 Å². The monoisotopic (exact) mass is 1010 g/mol. The Balaban J connectivity index is 1.39. The van der Waals surface area contributed by atoms with Crippen LogP contribution in [0.25, 0.3) is 0 Å². The molecule has 16 nitrogen and oxygen atoms in total. The van der Waals surface area contributed by atoms with Gasteiger partial charge in [-0.2, -0.15) is 0 Å². The highest BCUT2D eigenvalue weighted by molar-refractivity contribution is 6.73. The number of Topliss-reactive ketones (excluding diaryl/α,β-unsaturated/α-hetero) is 1. The predicted molar refractivity (Wildman–Crippen MR) is 264 cm³/mol. The Morgan fingerprint density at radius 2 is 1.58 bits per heavy atom. The lowest BCUT2D eigenvalue weighted by Gasteiger charge is -2.69. The number of ketones is 1. The van der Waals surface area contributed by atoms with Crippen LogP contribution in [0.2, 0.25) is 31.2 Å². The Hall–Kier alpha value is -5.41. The molecule has 8 rings (SSSR count). The third kappa shape index (κ3) is 8.80. The number of ether oxygens (including phenoxy) is 6. The van der Waals surface area contributed by atoms with Crippen molar-refractivity contribution in [3.8, 4) is 0 Å². The normalized spacial score (nSPS) is 31.9. The molecule has 3 fully saturated rings. The molecule has 71 heavy (non-hydrogen) atoms. The van der Waals surface area contributed by atoms with Crippen LogP contribution in [0.3, 0.4) is 0 Å². The molecule has 1 aromatic heterocycles. The number of hydrogen-bond acceptors (Lipinski definition) is 15. The largest absolute Gasteiger partial charge is 0.508 e. The maximum Gasteiger partial charge on any atom is 0.508 e. The molecule has 1 saturated heterocycles. The van der Waals surface area contributed by atoms with Gasteiger partial charge in [-0.1, -0.05) is 71.0 Å². The average molecular weight is 1010 g/mol. The topological polar surface area (TPSA) is 197 Å². The third-order valence-corrected chi connectivity index (χ3v) is 21.6. The van der Waals surface area contributed by atoms with Gasteiger partial charge in [0.05, 0.1) is 49.0 Å². The Kier molecular flexibility index (Phi) is 14.6. The summed E-state index contributed by atoms with van der Waals surface area (Å²) in [4.78, 5) is 79.2. The van der Waals surface area contributed by atoms with Gasteiger partial charge in [0.2, 0.25) is 21.0 Å². The second kappa shape index (κ2) is 19.9. The first-order chi connectivity index (χ1) is 33.8. The maximum absolute atomic E-state index is 16.7. The van der Waals surface area contributed by atoms with E-state index >= 15 is 14.4 Å². The van der Waals surface area contributed by atoms with Crippen molar-refractivity contribution in [2.45, 2.75) is 153 Å². The van der Waals surface area contributed by atoms with Crippen LogP contribution in [0.5, 0.6) is 0 Å². The summed E-state index contributed by atoms with van der Waals surface area (Å²) in [6.07, 6.45) is -5.48. The second-order valence-corrected chi connectivity index (χ2v) is 27.1. The summed E-state index contributed by atoms with van der Waals surface area (Å²) in [5.74, 6) is -3.20. The van der Waals surface area contributed by atoms with Gasteiger partial charge in [0.15, 0.2) is 31.8 Å². The van der Waals surface area contributed by atoms with Crippen molar-refractivity contribution in [1.82, 2.24) is 5.32 Å². The van der Waals surface area contributed by atoms with Gasteiger partial charge in [0.1, 0.15) is 23.6 Å². The Morgan fingerprint density at radius 3 is 2.14 bits per heavy atom. The number of methoxy groups -OCH3 is 1. The van der Waals surface area contributed by atoms with Crippen molar-refractivity contribution >= 4 is 53.0 Å². The molecular formula is C53H67N2O14Si2. The van der Waals surface area contributed by atoms with E-state index in [1.807, 2.05) is 64.2 Å². The van der Waals surface area contributed by atoms with Gasteiger partial charge in [-0.15, -0.1) is 0 Å². The molecular weight excluding hydrogens is 945 g/mol. The first-order valence-electron chi connectivity index (χ1n) is 24.6. The molecule has 5 aliphatic rings. The van der Waals surface area contributed by atoms with Crippen LogP contribution < -0.4 is 5.32 Å². The van der Waals surface area contributed by atoms with E-state index in [-0.39, 0.29) is 30.9 Å². The van der Waals surface area contributed by atoms with Crippen LogP contribution in [0, 0.1) is 16.7 Å². The van der Waals surface area contributed by atoms with Crippen LogP contribution in [0.1, 0.15) is 96.0 Å². The Morgan fingerprint density at radius 1 is 0.915 bits per heavy atom. The fraction of sp³-hybridized carbons (Fsp3) is 0.547. The van der Waals surface area contributed by atoms with Gasteiger partial charge >= 0.3 is 18.1 Å². The zero-order valence-corrected chi connectivity index (χ0v) is 44.5. The number of esters is 2. The Bertz CT molecular complexity index is 2540. The highest BCUT2D eigenvalue weighted by Gasteiger charge is 2.79. The molecule has 18 heteroatoms. The van der Waals surface area contributed by atoms with E-state index in [1.54, 1.807) is 49.4 Å². The summed E-state index contributed by atoms with van der Waals surface area (Å²) in [7, 11) is -3.29. The summed E-state index contributed by atoms with van der Waals surface area (Å²) < 4.78 is 58.7. The molecule has 3 aromatic rings. The minimum atomic E-state index is -2.62. The summed E-state index contributed by atoms with van der Waals surface area (Å²) in [6, 6.07) is 21.5. The minimum absolute atomic E-state index is 0.0370. The molecule has 1 radical (unpaired) electrons. The van der Waals surface area contributed by atoms with E-state index in [0.29, 0.717) is 22.5 Å². The molecule has 381 valence electrons. The molecule has 2 aromatic carbocycles. The summed E-state index contributed by atoms with van der Waals surface area (Å²) in [6.45, 7) is 18.6. The van der Waals surface area contributed by atoms with E-state index in [1.165, 1.54) is 20.3 Å². The van der Waals surface area contributed by atoms with E-state index < -0.39 is 118 Å². The number of aliphatic imine (C=N–C) groups is 1. The predicted octanol–water partition coefficient (Wildman–Crippen LogP) is 8.48. The number of nitrogens with zero attached hydrogens (tertiary/aromatic N) is 1. The molecule has 2 aliphatic heterocycles. The number of nitrogens with one attached hydrogen (secondary N) is 1. The molecule has 2 saturated carbocycles. The second-order valence-electron chi connectivity index (χ2n) is 20.4. The van der Waals surface area contributed by atoms with Crippen LogP contribution in [0.4, 0.5) is 4.79 Å². The van der Waals surface area contributed by atoms with E-state index in [2.05, 4.69) is 26.1 Å². The van der Waals surface area contributed by atoms with Crippen molar-refractivity contribution in [2.75, 3.05) is 13.7 Å². The number of amides is 1. The molecule has 3 heterocycles. The van der Waals surface area contributed by atoms with Crippen molar-refractivity contribution < 1.29 is 65.7 Å². The molecule has 0 unspecified atom stereocenters. The van der Waals surface area contributed by atoms with Crippen molar-refractivity contribution in [2.24, 2.45) is 21.7 Å². The fourth-order valence-electron chi connectivity index (χ4n) is 12.3. The molecule has 1 N–H and O–H groups in total. The van der Waals surface area contributed by atoms with Crippen molar-refractivity contribution in [1.29, 1.82) is 0 Å². The third-order valence-electron chi connectivity index (χ3n) is 16.2. The molecule has 0 spiro atoms. The smallest absolute Gasteiger partial charge is 0.467 e. The summed E-state index contributed by atoms with van der Waals surface area (Å²) in [5, 5.41) is 3.26. The van der Waals surface area contributed by atoms with Crippen LogP contribution in [-0.2, 0) is 51.7 Å². The van der Waals surface area contributed by atoms with Gasteiger partial charge in [-0.05, 0) is 92.6 Å². The Labute approximate surface area is 418 Å². The quantitative estimate of drug-likeness (QED) is 0.0659. The van der Waals surface area contributed by atoms with Crippen LogP contribution in [0.15, 0.2) is 99.6 Å². The lowest BCUT2D eigenvalue weighted by molar-refractivity contribution is -0.340. The number of carbonyl (C=O) groups is 5. The summed E-state index contributed by atoms with van der Waals surface area (Å²) >= 11 is 0. The van der Waals surface area contributed by atoms with Gasteiger partial charge in [0.25, 0.3) is 5.91 Å². The molecule has 11 atom stereocenters. The first kappa shape index (κ1) is 51.9. The van der Waals surface area contributed by atoms with Crippen LogP contribution in [-0.4, -0.2) is 115 Å². The molecule has 2 bridgehead atoms. The number of benzene rings is 2. The summed E-state index contributed by atoms with van der Waals surface area (Å²) in [5.41, 5.74) is -4.65. The lowest BCUT2D eigenvalue weighted by Crippen LogP contribution is -2.83. The number of fused-ring (bicyclic) bond motifs is 5. The molecule has 3 aliphatic carbocycles. The highest BCUT2D eigenvalue weighted by atomic mass is 28.4. The number of hydrogen-bond donors (Lipinski definition) is 1. The van der Waals surface area contributed by atoms with Gasteiger partial charge in [-0.25, -0.2) is 14.6 Å². The van der Waals surface area contributed by atoms with Gasteiger partial charge in [0, 0.05) is 30.7 Å². The minimum Gasteiger partial charge on any atom is -0.467 e. The highest BCUT2D eigenvalue weighted by Crippen LogP contribution is 2.66. The van der Waals surface area contributed by atoms with Crippen LogP contribution >= 0.6 is 0 Å². The average Bonchev–Trinajstić information content (AvgIpc) is 4.05. The standard InChI is InChI=1S/C53H67N2O14Si2/c1-12-71(13-2,14-3)68-37-28-38-52(30-63-38,67-49(60)61-9)43-45(66-48(59)34-24-19-16-20-25-34)53(69-70(10)11)29-35(31(4)39(50(53,6)7)41(64-32(5)56)44(57)51(37,43)8)54-46(58)42-40(36-26-21-27-62-36)55-47(65-42)33-22-17-15-18-23-33/h15-27,35,37-38,40-43,45H,12-14,28-30H2,1-11H3,(H,54,58)/t35-,37-,38+,40-,41+,42+,43-,45-,51+,52-,53+/m0/s1. The zero-order chi connectivity index (χ0) is 51.3. The van der Waals surface area contributed by atoms with Crippen molar-refractivity contribution in [3.63, 3.8) is 0 Å². The SMILES string of the molecule is CC[Si](CC)(CC)O[C@H]1C[C@H]2OC[C@@]2(OC(=O)OC)[C@H]2[C@H](OC(=O)c3ccccc3)[C@]3(O[Si](C)C)C[C@H](NC(=O)[C@@H]4OC(c5ccccc5)=N[C@H]4c4ccco4)C(C)=C([C@@H](OC(C)=O)C(=O)[C@]12C)C3(C)C. The maximum atomic E-state index is 16.7. The zero-order valence-electron chi connectivity index (χ0n) is 42.5. The molecule has 1 amide bonds. The number of rotatable bonds is 15. The van der Waals surface area contributed by atoms with Gasteiger partial charge in [-0.3, -0.25) is 14.4 Å². The fourth-order valence-corrected chi connectivity index (χ4v) is 16.4. The van der Waals surface area contributed by atoms with E-state index in [9.17, 15) is 9.59 Å². The van der Waals surface area contributed by atoms with E-state index in [0.717, 1.165) is 18.1 Å². The lowest BCUT2D eigenvalue weighted by atomic mass is 9.44. The number of furan rings is 1. The number of carbonyl (C=O) groups excluding carboxylic acids is 5. The van der Waals surface area contributed by atoms with Crippen molar-refractivity contribution in [3.05, 3.63) is 107 Å².